The van der Waals surface area contributed by atoms with Gasteiger partial charge in [0.1, 0.15) is 0 Å². The minimum absolute atomic E-state index is 0. The fourth-order valence-electron chi connectivity index (χ4n) is 7.01. The molecule has 20 nitrogen and oxygen atoms in total. The number of nitrogens with zero attached hydrogens (tertiary/aromatic N) is 6. The Kier molecular flexibility index (Phi) is 47.2. The molecule has 100 heavy (non-hydrogen) atoms. The quantitative estimate of drug-likeness (QED) is 0.115. The van der Waals surface area contributed by atoms with Crippen molar-refractivity contribution in [2.24, 2.45) is 0 Å². The van der Waals surface area contributed by atoms with E-state index in [2.05, 4.69) is 165 Å². The van der Waals surface area contributed by atoms with E-state index in [9.17, 15) is 59.4 Å². The van der Waals surface area contributed by atoms with E-state index in [0.29, 0.717) is 0 Å². The Morgan fingerprint density at radius 1 is 0.210 bits per heavy atom. The van der Waals surface area contributed by atoms with Gasteiger partial charge in [-0.1, -0.05) is 109 Å². The third-order valence-corrected chi connectivity index (χ3v) is 16.0. The first kappa shape index (κ1) is 92.1. The van der Waals surface area contributed by atoms with E-state index >= 15 is 0 Å². The number of aromatic nitrogens is 6. The van der Waals surface area contributed by atoms with Crippen molar-refractivity contribution >= 4 is 171 Å². The molecular weight excluding hydrogens is 2220 g/mol. The summed E-state index contributed by atoms with van der Waals surface area (Å²) in [7, 11) is 0. The van der Waals surface area contributed by atoms with Gasteiger partial charge in [0.25, 0.3) is 0 Å². The summed E-state index contributed by atoms with van der Waals surface area (Å²) in [5, 5.41) is 61.2. The SMILES string of the molecule is O.O.O=C([O-])c1ccc(I)cc1.O=C([O-])c1ccc(I)cc1.O=C([O-])c1ccc(I)cc1.O=C([O-])c1ccc(I)cc1.O=C([O-])c1ccc(I)cc1.O=C([O-])c1ccc(I)cc1.[Nd+3].[Nd+3].c1ccc(-c2cccc(-c3ccccn3)n2)nc1.c1ccc(-c2cccc(-c3ccccn3)n2)nc1. The summed E-state index contributed by atoms with van der Waals surface area (Å²) in [6.45, 7) is 0. The van der Waals surface area contributed by atoms with E-state index in [4.69, 9.17) is 0 Å². The molecule has 6 heterocycles. The van der Waals surface area contributed by atoms with Gasteiger partial charge in [0.05, 0.1) is 81.4 Å². The number of carbonyl (C=O) groups is 6. The van der Waals surface area contributed by atoms with Crippen LogP contribution in [0.4, 0.5) is 0 Å². The fraction of sp³-hybridized carbons (Fsp3) is 0. The molecule has 0 aliphatic rings. The molecule has 28 heteroatoms. The van der Waals surface area contributed by atoms with Crippen LogP contribution in [0.25, 0.3) is 45.6 Å². The van der Waals surface area contributed by atoms with Gasteiger partial charge < -0.3 is 70.4 Å². The molecule has 12 aromatic rings. The molecule has 0 saturated heterocycles. The molecule has 0 aliphatic carbocycles. The van der Waals surface area contributed by atoms with Crippen molar-refractivity contribution in [3.8, 4) is 45.6 Å². The van der Waals surface area contributed by atoms with Crippen LogP contribution in [0.1, 0.15) is 62.1 Å². The summed E-state index contributed by atoms with van der Waals surface area (Å²) in [5.41, 5.74) is 8.26. The second-order valence-corrected chi connectivity index (χ2v) is 25.9. The smallest absolute Gasteiger partial charge is 0.545 e. The van der Waals surface area contributed by atoms with Crippen molar-refractivity contribution < 1.29 is 152 Å². The van der Waals surface area contributed by atoms with Crippen LogP contribution in [-0.2, 0) is 0 Å². The number of hydrogen-bond acceptors (Lipinski definition) is 18. The number of aromatic carboxylic acids is 6. The van der Waals surface area contributed by atoms with E-state index in [0.717, 1.165) is 67.0 Å². The van der Waals surface area contributed by atoms with Gasteiger partial charge in [0.15, 0.2) is 0 Å². The molecule has 0 spiro atoms. The van der Waals surface area contributed by atoms with Crippen molar-refractivity contribution in [2.45, 2.75) is 0 Å². The first-order valence-electron chi connectivity index (χ1n) is 27.5. The topological polar surface area (TPSA) is 381 Å². The van der Waals surface area contributed by atoms with Crippen LogP contribution in [0.2, 0.25) is 0 Å². The summed E-state index contributed by atoms with van der Waals surface area (Å²) >= 11 is 12.6. The number of pyridine rings is 6. The Labute approximate surface area is 722 Å². The molecule has 0 bridgehead atoms. The van der Waals surface area contributed by atoms with Gasteiger partial charge in [-0.15, -0.1) is 0 Å². The number of carboxylic acid groups (broad SMARTS) is 6. The first-order chi connectivity index (χ1) is 46.1. The predicted octanol–water partition coefficient (Wildman–Crippen LogP) is 8.69. The Bertz CT molecular complexity index is 3750. The molecule has 12 rings (SSSR count). The number of halogens is 6. The minimum atomic E-state index is -1.13. The average molecular weight is 2270 g/mol. The maximum absolute atomic E-state index is 10.2. The van der Waals surface area contributed by atoms with Crippen LogP contribution < -0.4 is 30.6 Å². The Morgan fingerprint density at radius 2 is 0.350 bits per heavy atom. The van der Waals surface area contributed by atoms with Crippen LogP contribution in [-0.4, -0.2) is 76.7 Å². The van der Waals surface area contributed by atoms with Crippen LogP contribution in [0.5, 0.6) is 0 Å². The van der Waals surface area contributed by atoms with Gasteiger partial charge in [-0.25, -0.2) is 9.97 Å². The molecule has 0 atom stereocenters. The maximum atomic E-state index is 10.2. The molecule has 0 fully saturated rings. The Balaban J connectivity index is 0.000000577. The van der Waals surface area contributed by atoms with E-state index in [1.165, 1.54) is 72.8 Å². The molecule has 6 aromatic heterocycles. The minimum Gasteiger partial charge on any atom is -0.545 e. The van der Waals surface area contributed by atoms with Gasteiger partial charge >= 0.3 is 81.7 Å². The molecule has 502 valence electrons. The van der Waals surface area contributed by atoms with Crippen LogP contribution in [0.3, 0.4) is 0 Å². The molecule has 4 N–H and O–H groups in total. The van der Waals surface area contributed by atoms with Crippen LogP contribution in [0, 0.1) is 103 Å². The van der Waals surface area contributed by atoms with E-state index in [1.54, 1.807) is 97.6 Å². The number of hydrogen-bond donors (Lipinski definition) is 0. The normalized spacial score (nSPS) is 9.26. The Morgan fingerprint density at radius 3 is 0.470 bits per heavy atom. The summed E-state index contributed by atoms with van der Waals surface area (Å²) in [4.78, 5) is 87.6. The standard InChI is InChI=1S/2C15H11N3.6C7H5IO2.2Nd.2H2O/c2*1-3-10-16-12(6-1)14-8-5-9-15(18-14)13-7-2-4-11-17-13;6*8-6-3-1-5(2-4-6)7(9)10;;;;/h2*1-11H;6*1-4H,(H,9,10);;;2*1H2/q;;;;;;;;2*+3;;/p-6. The zero-order valence-electron chi connectivity index (χ0n) is 51.4. The summed E-state index contributed by atoms with van der Waals surface area (Å²) in [6.07, 6.45) is 7.07. The van der Waals surface area contributed by atoms with E-state index < -0.39 is 35.8 Å². The molecule has 0 amide bonds. The van der Waals surface area contributed by atoms with Crippen molar-refractivity contribution in [3.63, 3.8) is 0 Å². The van der Waals surface area contributed by atoms with Crippen LogP contribution >= 0.6 is 136 Å². The van der Waals surface area contributed by atoms with Gasteiger partial charge in [0, 0.05) is 46.2 Å². The molecule has 6 aromatic carbocycles. The number of rotatable bonds is 10. The summed E-state index contributed by atoms with van der Waals surface area (Å²) in [6, 6.07) is 74.0. The van der Waals surface area contributed by atoms with E-state index in [-0.39, 0.29) is 126 Å². The van der Waals surface area contributed by atoms with Crippen LogP contribution in [0.15, 0.2) is 280 Å². The average Bonchev–Trinajstić information content (AvgIpc) is 0.848. The van der Waals surface area contributed by atoms with Crippen molar-refractivity contribution in [2.75, 3.05) is 0 Å². The van der Waals surface area contributed by atoms with Gasteiger partial charge in [-0.05, 0) is 315 Å². The second-order valence-electron chi connectivity index (χ2n) is 18.4. The third kappa shape index (κ3) is 35.8. The second kappa shape index (κ2) is 51.2. The molecular formula is C72H50I6N6Nd2O14. The third-order valence-electron chi connectivity index (χ3n) is 11.7. The van der Waals surface area contributed by atoms with Crippen molar-refractivity contribution in [3.05, 3.63) is 334 Å². The number of benzene rings is 6. The monoisotopic (exact) mass is 2270 g/mol. The zero-order chi connectivity index (χ0) is 69.8. The van der Waals surface area contributed by atoms with E-state index in [1.807, 2.05) is 109 Å². The first-order valence-corrected chi connectivity index (χ1v) is 33.9. The zero-order valence-corrected chi connectivity index (χ0v) is 70.8. The Hall–Kier alpha value is -5.96. The summed E-state index contributed by atoms with van der Waals surface area (Å²) in [5.74, 6) is -6.77. The molecule has 0 unspecified atom stereocenters. The van der Waals surface area contributed by atoms with Gasteiger partial charge in [0.2, 0.25) is 0 Å². The molecule has 2 radical (unpaired) electrons. The predicted molar refractivity (Wildman–Crippen MR) is 410 cm³/mol. The van der Waals surface area contributed by atoms with Gasteiger partial charge in [-0.3, -0.25) is 19.9 Å². The summed E-state index contributed by atoms with van der Waals surface area (Å²) < 4.78 is 6.10. The number of carbonyl (C=O) groups excluding carboxylic acids is 6. The largest absolute Gasteiger partial charge is 3.00 e. The van der Waals surface area contributed by atoms with Crippen molar-refractivity contribution in [1.82, 2.24) is 29.9 Å². The fourth-order valence-corrected chi connectivity index (χ4v) is 9.17. The van der Waals surface area contributed by atoms with Crippen molar-refractivity contribution in [1.29, 1.82) is 0 Å². The maximum Gasteiger partial charge on any atom is 3.00 e. The molecule has 0 saturated carbocycles. The number of carboxylic acids is 6. The van der Waals surface area contributed by atoms with Gasteiger partial charge in [-0.2, -0.15) is 0 Å². The molecule has 0 aliphatic heterocycles.